The summed E-state index contributed by atoms with van der Waals surface area (Å²) in [5.74, 6) is 1.14. The van der Waals surface area contributed by atoms with Gasteiger partial charge in [-0.25, -0.2) is 4.39 Å². The van der Waals surface area contributed by atoms with Crippen molar-refractivity contribution < 1.29 is 13.9 Å². The molecule has 0 radical (unpaired) electrons. The molecule has 0 bridgehead atoms. The number of ketones is 1. The summed E-state index contributed by atoms with van der Waals surface area (Å²) in [5, 5.41) is 9.01. The molecular formula is C31H40FNO2S. The van der Waals surface area contributed by atoms with Crippen molar-refractivity contribution in [1.82, 2.24) is 0 Å². The predicted molar refractivity (Wildman–Crippen MR) is 151 cm³/mol. The van der Waals surface area contributed by atoms with Gasteiger partial charge in [0, 0.05) is 16.9 Å². The Morgan fingerprint density at radius 1 is 1.25 bits per heavy atom. The number of hydrogen-bond acceptors (Lipinski definition) is 4. The Balaban J connectivity index is 1.77. The Morgan fingerprint density at radius 3 is 2.72 bits per heavy atom. The molecule has 0 amide bonds. The lowest BCUT2D eigenvalue weighted by Crippen LogP contribution is -2.24. The van der Waals surface area contributed by atoms with Crippen LogP contribution in [0, 0.1) is 30.0 Å². The zero-order chi connectivity index (χ0) is 26.2. The largest absolute Gasteiger partial charge is 0.493 e. The van der Waals surface area contributed by atoms with Gasteiger partial charge in [0.15, 0.2) is 5.78 Å². The zero-order valence-corrected chi connectivity index (χ0v) is 23.2. The van der Waals surface area contributed by atoms with E-state index in [0.717, 1.165) is 53.9 Å². The van der Waals surface area contributed by atoms with E-state index in [-0.39, 0.29) is 23.4 Å². The fourth-order valence-electron chi connectivity index (χ4n) is 4.95. The normalized spacial score (nSPS) is 18.1. The number of allylic oxidation sites excluding steroid dienone is 1. The van der Waals surface area contributed by atoms with Gasteiger partial charge in [0.1, 0.15) is 11.6 Å². The SMILES string of the molecule is CC=C(SC(=N)CCCC)c1ccc2c(c1)CC(C)C(CC(=O)c1ccc(C)c(F)c1CC)CCO2. The molecule has 2 atom stereocenters. The number of hydrogen-bond donors (Lipinski definition) is 1. The molecule has 3 nitrogen and oxygen atoms in total. The van der Waals surface area contributed by atoms with Crippen LogP contribution in [0.3, 0.4) is 0 Å². The van der Waals surface area contributed by atoms with Gasteiger partial charge in [0.2, 0.25) is 0 Å². The number of halogens is 1. The maximum atomic E-state index is 14.6. The molecule has 0 spiro atoms. The first-order chi connectivity index (χ1) is 17.3. The lowest BCUT2D eigenvalue weighted by atomic mass is 9.80. The molecule has 2 unspecified atom stereocenters. The molecule has 1 aliphatic rings. The number of benzene rings is 2. The fourth-order valence-corrected chi connectivity index (χ4v) is 5.83. The molecule has 2 aromatic rings. The minimum absolute atomic E-state index is 0.0235. The molecule has 0 saturated heterocycles. The number of unbranched alkanes of at least 4 members (excludes halogenated alkanes) is 1. The lowest BCUT2D eigenvalue weighted by Gasteiger charge is -2.28. The van der Waals surface area contributed by atoms with E-state index in [0.29, 0.717) is 41.2 Å². The maximum Gasteiger partial charge on any atom is 0.163 e. The van der Waals surface area contributed by atoms with Crippen molar-refractivity contribution in [3.63, 3.8) is 0 Å². The van der Waals surface area contributed by atoms with E-state index in [2.05, 4.69) is 32.1 Å². The molecule has 2 aromatic carbocycles. The number of carbonyl (C=O) groups excluding carboxylic acids is 1. The summed E-state index contributed by atoms with van der Waals surface area (Å²) in [6.45, 7) is 10.6. The summed E-state index contributed by atoms with van der Waals surface area (Å²) in [6.07, 6.45) is 7.54. The third-order valence-corrected chi connectivity index (χ3v) is 8.37. The molecule has 0 saturated carbocycles. The average Bonchev–Trinajstić information content (AvgIpc) is 2.86. The highest BCUT2D eigenvalue weighted by molar-refractivity contribution is 8.21. The maximum absolute atomic E-state index is 14.6. The standard InChI is InChI=1S/C31H40FNO2S/c1-6-9-10-30(33)36-29(8-3)23-12-14-28-24(18-23)17-21(5)22(15-16-35-28)19-27(34)26-13-11-20(4)31(32)25(26)7-2/h8,11-14,18,21-22,33H,6-7,9-10,15-17,19H2,1-5H3. The second-order valence-corrected chi connectivity index (χ2v) is 11.0. The Kier molecular flexibility index (Phi) is 10.4. The van der Waals surface area contributed by atoms with Crippen LogP contribution in [0.2, 0.25) is 0 Å². The minimum Gasteiger partial charge on any atom is -0.493 e. The van der Waals surface area contributed by atoms with Crippen LogP contribution in [0.15, 0.2) is 36.4 Å². The molecule has 194 valence electrons. The van der Waals surface area contributed by atoms with E-state index in [1.165, 1.54) is 11.8 Å². The Morgan fingerprint density at radius 2 is 2.03 bits per heavy atom. The van der Waals surface area contributed by atoms with Crippen LogP contribution >= 0.6 is 11.8 Å². The lowest BCUT2D eigenvalue weighted by molar-refractivity contribution is 0.0928. The molecule has 1 N–H and O–H groups in total. The van der Waals surface area contributed by atoms with Crippen LogP contribution in [-0.4, -0.2) is 17.4 Å². The monoisotopic (exact) mass is 509 g/mol. The minimum atomic E-state index is -0.251. The van der Waals surface area contributed by atoms with Gasteiger partial charge in [0.05, 0.1) is 11.7 Å². The number of fused-ring (bicyclic) bond motifs is 1. The average molecular weight is 510 g/mol. The quantitative estimate of drug-likeness (QED) is 0.209. The van der Waals surface area contributed by atoms with E-state index in [9.17, 15) is 9.18 Å². The zero-order valence-electron chi connectivity index (χ0n) is 22.4. The highest BCUT2D eigenvalue weighted by atomic mass is 32.2. The molecule has 1 heterocycles. The first-order valence-corrected chi connectivity index (χ1v) is 14.1. The Hall–Kier alpha value is -2.40. The van der Waals surface area contributed by atoms with Gasteiger partial charge in [-0.2, -0.15) is 0 Å². The highest BCUT2D eigenvalue weighted by Gasteiger charge is 2.27. The van der Waals surface area contributed by atoms with E-state index in [4.69, 9.17) is 10.1 Å². The van der Waals surface area contributed by atoms with Crippen molar-refractivity contribution >= 4 is 27.5 Å². The Labute approximate surface area is 220 Å². The van der Waals surface area contributed by atoms with Crippen molar-refractivity contribution in [3.8, 4) is 5.75 Å². The van der Waals surface area contributed by atoms with Crippen molar-refractivity contribution in [2.24, 2.45) is 11.8 Å². The van der Waals surface area contributed by atoms with Crippen LogP contribution in [-0.2, 0) is 12.8 Å². The number of nitrogens with one attached hydrogen (secondary N) is 1. The van der Waals surface area contributed by atoms with E-state index in [1.807, 2.05) is 19.9 Å². The Bertz CT molecular complexity index is 1120. The van der Waals surface area contributed by atoms with Gasteiger partial charge < -0.3 is 4.74 Å². The number of Topliss-reactive ketones (excluding diaryl/α,β-unsaturated/α-hetero) is 1. The first kappa shape index (κ1) is 28.2. The molecule has 0 fully saturated rings. The summed E-state index contributed by atoms with van der Waals surface area (Å²) in [7, 11) is 0. The van der Waals surface area contributed by atoms with Crippen LogP contribution in [0.25, 0.3) is 4.91 Å². The van der Waals surface area contributed by atoms with Gasteiger partial charge in [-0.1, -0.05) is 63.2 Å². The molecule has 0 aliphatic carbocycles. The van der Waals surface area contributed by atoms with Crippen molar-refractivity contribution in [1.29, 1.82) is 5.41 Å². The summed E-state index contributed by atoms with van der Waals surface area (Å²) >= 11 is 1.54. The topological polar surface area (TPSA) is 50.2 Å². The van der Waals surface area contributed by atoms with Gasteiger partial charge in [-0.05, 0) is 92.2 Å². The predicted octanol–water partition coefficient (Wildman–Crippen LogP) is 8.81. The second kappa shape index (κ2) is 13.2. The summed E-state index contributed by atoms with van der Waals surface area (Å²) in [4.78, 5) is 14.4. The van der Waals surface area contributed by atoms with Crippen molar-refractivity contribution in [3.05, 3.63) is 70.0 Å². The van der Waals surface area contributed by atoms with E-state index >= 15 is 0 Å². The third-order valence-electron chi connectivity index (χ3n) is 7.23. The second-order valence-electron chi connectivity index (χ2n) is 9.89. The molecular weight excluding hydrogens is 469 g/mol. The fraction of sp³-hybridized carbons (Fsp3) is 0.484. The van der Waals surface area contributed by atoms with E-state index < -0.39 is 0 Å². The van der Waals surface area contributed by atoms with Crippen LogP contribution in [0.4, 0.5) is 4.39 Å². The number of thioether (sulfide) groups is 1. The molecule has 3 rings (SSSR count). The summed E-state index contributed by atoms with van der Waals surface area (Å²) < 4.78 is 20.8. The smallest absolute Gasteiger partial charge is 0.163 e. The third kappa shape index (κ3) is 6.88. The van der Waals surface area contributed by atoms with Crippen LogP contribution in [0.5, 0.6) is 5.75 Å². The van der Waals surface area contributed by atoms with Crippen LogP contribution < -0.4 is 4.74 Å². The molecule has 0 aromatic heterocycles. The number of aryl methyl sites for hydroxylation is 1. The molecule has 1 aliphatic heterocycles. The molecule has 36 heavy (non-hydrogen) atoms. The van der Waals surface area contributed by atoms with Gasteiger partial charge >= 0.3 is 0 Å². The van der Waals surface area contributed by atoms with Crippen molar-refractivity contribution in [2.75, 3.05) is 6.61 Å². The molecule has 5 heteroatoms. The van der Waals surface area contributed by atoms with Crippen LogP contribution in [0.1, 0.15) is 92.4 Å². The van der Waals surface area contributed by atoms with Crippen molar-refractivity contribution in [2.45, 2.75) is 79.6 Å². The number of rotatable bonds is 9. The number of ether oxygens (including phenoxy) is 1. The first-order valence-electron chi connectivity index (χ1n) is 13.3. The number of carbonyl (C=O) groups is 1. The van der Waals surface area contributed by atoms with Gasteiger partial charge in [-0.15, -0.1) is 0 Å². The highest BCUT2D eigenvalue weighted by Crippen LogP contribution is 2.36. The van der Waals surface area contributed by atoms with Gasteiger partial charge in [0.25, 0.3) is 0 Å². The summed E-state index contributed by atoms with van der Waals surface area (Å²) in [6, 6.07) is 9.82. The van der Waals surface area contributed by atoms with Gasteiger partial charge in [-0.3, -0.25) is 10.2 Å². The van der Waals surface area contributed by atoms with E-state index in [1.54, 1.807) is 19.1 Å². The summed E-state index contributed by atoms with van der Waals surface area (Å²) in [5.41, 5.74) is 3.90.